The van der Waals surface area contributed by atoms with E-state index in [9.17, 15) is 4.79 Å². The Bertz CT molecular complexity index is 727. The molecule has 0 saturated carbocycles. The Morgan fingerprint density at radius 3 is 2.75 bits per heavy atom. The zero-order valence-electron chi connectivity index (χ0n) is 13.6. The number of hydrogen-bond donors (Lipinski definition) is 0. The van der Waals surface area contributed by atoms with Crippen LogP contribution in [0.3, 0.4) is 0 Å². The fraction of sp³-hybridized carbons (Fsp3) is 0.533. The van der Waals surface area contributed by atoms with Crippen LogP contribution in [0.1, 0.15) is 20.9 Å². The summed E-state index contributed by atoms with van der Waals surface area (Å²) >= 11 is 1.13. The number of carbonyl (C=O) groups excluding carboxylic acids is 1. The average molecular weight is 345 g/mol. The third kappa shape index (κ3) is 2.96. The molecule has 24 heavy (non-hydrogen) atoms. The highest BCUT2D eigenvalue weighted by Gasteiger charge is 2.25. The fourth-order valence-electron chi connectivity index (χ4n) is 3.06. The van der Waals surface area contributed by atoms with Gasteiger partial charge in [-0.15, -0.1) is 5.10 Å². The van der Waals surface area contributed by atoms with E-state index in [4.69, 9.17) is 4.98 Å². The van der Waals surface area contributed by atoms with Crippen LogP contribution < -0.4 is 4.90 Å². The Morgan fingerprint density at radius 2 is 2.00 bits per heavy atom. The summed E-state index contributed by atoms with van der Waals surface area (Å²) in [5.74, 6) is 0.798. The molecule has 8 nitrogen and oxygen atoms in total. The summed E-state index contributed by atoms with van der Waals surface area (Å²) in [6, 6.07) is 0. The second kappa shape index (κ2) is 6.40. The smallest absolute Gasteiger partial charge is 0.267 e. The van der Waals surface area contributed by atoms with Crippen LogP contribution in [0.2, 0.25) is 0 Å². The molecule has 126 valence electrons. The lowest BCUT2D eigenvalue weighted by atomic mass is 10.1. The van der Waals surface area contributed by atoms with Gasteiger partial charge < -0.3 is 14.7 Å². The molecule has 0 N–H and O–H groups in total. The van der Waals surface area contributed by atoms with E-state index in [-0.39, 0.29) is 5.91 Å². The second-order valence-electron chi connectivity index (χ2n) is 6.19. The van der Waals surface area contributed by atoms with Crippen LogP contribution in [0.25, 0.3) is 0 Å². The van der Waals surface area contributed by atoms with Gasteiger partial charge in [0.25, 0.3) is 5.91 Å². The summed E-state index contributed by atoms with van der Waals surface area (Å²) in [7, 11) is 2.13. The lowest BCUT2D eigenvalue weighted by Gasteiger charge is -2.33. The molecule has 0 atom stereocenters. The van der Waals surface area contributed by atoms with Gasteiger partial charge in [-0.05, 0) is 18.6 Å². The number of aromatic nitrogens is 4. The summed E-state index contributed by atoms with van der Waals surface area (Å²) in [5.41, 5.74) is 2.09. The minimum atomic E-state index is -0.0150. The maximum absolute atomic E-state index is 12.4. The molecule has 2 aromatic heterocycles. The molecule has 1 fully saturated rings. The topological polar surface area (TPSA) is 78.4 Å². The van der Waals surface area contributed by atoms with Gasteiger partial charge in [0.1, 0.15) is 4.88 Å². The number of carbonyl (C=O) groups is 1. The van der Waals surface area contributed by atoms with E-state index in [1.165, 1.54) is 6.20 Å². The van der Waals surface area contributed by atoms with Crippen LogP contribution in [0.15, 0.2) is 12.4 Å². The largest absolute Gasteiger partial charge is 0.338 e. The maximum Gasteiger partial charge on any atom is 0.267 e. The zero-order chi connectivity index (χ0) is 16.5. The molecule has 9 heteroatoms. The van der Waals surface area contributed by atoms with Crippen molar-refractivity contribution in [3.05, 3.63) is 28.5 Å². The van der Waals surface area contributed by atoms with Crippen molar-refractivity contribution in [2.75, 3.05) is 44.7 Å². The van der Waals surface area contributed by atoms with Crippen molar-refractivity contribution in [2.45, 2.75) is 13.0 Å². The Labute approximate surface area is 144 Å². The lowest BCUT2D eigenvalue weighted by Crippen LogP contribution is -2.45. The highest BCUT2D eigenvalue weighted by molar-refractivity contribution is 7.07. The van der Waals surface area contributed by atoms with E-state index in [0.29, 0.717) is 18.0 Å². The van der Waals surface area contributed by atoms with Crippen molar-refractivity contribution in [2.24, 2.45) is 0 Å². The minimum absolute atomic E-state index is 0.0150. The third-order valence-corrected chi connectivity index (χ3v) is 5.22. The summed E-state index contributed by atoms with van der Waals surface area (Å²) in [4.78, 5) is 28.6. The van der Waals surface area contributed by atoms with Crippen LogP contribution in [-0.4, -0.2) is 75.0 Å². The first-order chi connectivity index (χ1) is 11.7. The maximum atomic E-state index is 12.4. The SMILES string of the molecule is CN1CCN(c2ncc3c(n2)CCN(C(=O)c2cnns2)C3)CC1. The molecular weight excluding hydrogens is 326 g/mol. The summed E-state index contributed by atoms with van der Waals surface area (Å²) in [5, 5.41) is 3.74. The standard InChI is InChI=1S/C15H19N7OS/c1-20-4-6-21(7-5-20)15-16-8-11-10-22(3-2-12(11)18-15)14(23)13-9-17-19-24-13/h8-9H,2-7,10H2,1H3. The number of fused-ring (bicyclic) bond motifs is 1. The molecule has 1 amide bonds. The summed E-state index contributed by atoms with van der Waals surface area (Å²) < 4.78 is 3.76. The van der Waals surface area contributed by atoms with Crippen molar-refractivity contribution in [3.8, 4) is 0 Å². The monoisotopic (exact) mass is 345 g/mol. The molecule has 4 rings (SSSR count). The molecule has 0 bridgehead atoms. The second-order valence-corrected chi connectivity index (χ2v) is 6.98. The molecule has 4 heterocycles. The number of rotatable bonds is 2. The molecule has 0 radical (unpaired) electrons. The highest BCUT2D eigenvalue weighted by Crippen LogP contribution is 2.21. The number of anilines is 1. The Hall–Kier alpha value is -2.13. The van der Waals surface area contributed by atoms with Crippen molar-refractivity contribution in [1.29, 1.82) is 0 Å². The number of nitrogens with zero attached hydrogens (tertiary/aromatic N) is 7. The number of likely N-dealkylation sites (N-methyl/N-ethyl adjacent to an activating group) is 1. The predicted octanol–water partition coefficient (Wildman–Crippen LogP) is 0.278. The Balaban J connectivity index is 1.48. The van der Waals surface area contributed by atoms with Crippen LogP contribution in [-0.2, 0) is 13.0 Å². The molecule has 0 unspecified atom stereocenters. The first-order valence-corrected chi connectivity index (χ1v) is 8.83. The molecule has 0 aliphatic carbocycles. The molecule has 0 spiro atoms. The molecular formula is C15H19N7OS. The molecule has 1 saturated heterocycles. The third-order valence-electron chi connectivity index (χ3n) is 4.57. The average Bonchev–Trinajstić information content (AvgIpc) is 3.15. The Morgan fingerprint density at radius 1 is 1.17 bits per heavy atom. The van der Waals surface area contributed by atoms with Crippen LogP contribution >= 0.6 is 11.5 Å². The summed E-state index contributed by atoms with van der Waals surface area (Å²) in [6.07, 6.45) is 4.16. The molecule has 2 aliphatic heterocycles. The highest BCUT2D eigenvalue weighted by atomic mass is 32.1. The van der Waals surface area contributed by atoms with Gasteiger partial charge in [-0.1, -0.05) is 4.49 Å². The van der Waals surface area contributed by atoms with E-state index in [1.807, 2.05) is 11.1 Å². The van der Waals surface area contributed by atoms with E-state index in [0.717, 1.165) is 61.3 Å². The van der Waals surface area contributed by atoms with E-state index in [2.05, 4.69) is 31.4 Å². The van der Waals surface area contributed by atoms with Crippen LogP contribution in [0.4, 0.5) is 5.95 Å². The van der Waals surface area contributed by atoms with Gasteiger partial charge in [0.15, 0.2) is 0 Å². The van der Waals surface area contributed by atoms with Crippen molar-refractivity contribution in [3.63, 3.8) is 0 Å². The predicted molar refractivity (Wildman–Crippen MR) is 90.1 cm³/mol. The van der Waals surface area contributed by atoms with Gasteiger partial charge in [-0.2, -0.15) is 0 Å². The van der Waals surface area contributed by atoms with Crippen molar-refractivity contribution < 1.29 is 4.79 Å². The fourth-order valence-corrected chi connectivity index (χ4v) is 3.54. The zero-order valence-corrected chi connectivity index (χ0v) is 14.4. The minimum Gasteiger partial charge on any atom is -0.338 e. The Kier molecular flexibility index (Phi) is 4.11. The number of hydrogen-bond acceptors (Lipinski definition) is 8. The first kappa shape index (κ1) is 15.4. The normalized spacial score (nSPS) is 18.5. The van der Waals surface area contributed by atoms with Gasteiger partial charge >= 0.3 is 0 Å². The van der Waals surface area contributed by atoms with Gasteiger partial charge in [0.05, 0.1) is 11.9 Å². The van der Waals surface area contributed by atoms with E-state index < -0.39 is 0 Å². The summed E-state index contributed by atoms with van der Waals surface area (Å²) in [6.45, 7) is 5.20. The van der Waals surface area contributed by atoms with Gasteiger partial charge in [-0.3, -0.25) is 4.79 Å². The van der Waals surface area contributed by atoms with Crippen LogP contribution in [0, 0.1) is 0 Å². The van der Waals surface area contributed by atoms with Gasteiger partial charge in [-0.25, -0.2) is 9.97 Å². The van der Waals surface area contributed by atoms with Crippen LogP contribution in [0.5, 0.6) is 0 Å². The molecule has 2 aromatic rings. The van der Waals surface area contributed by atoms with Gasteiger partial charge in [0.2, 0.25) is 5.95 Å². The number of amides is 1. The number of piperazine rings is 1. The first-order valence-electron chi connectivity index (χ1n) is 8.05. The van der Waals surface area contributed by atoms with E-state index >= 15 is 0 Å². The lowest BCUT2D eigenvalue weighted by molar-refractivity contribution is 0.0738. The molecule has 2 aliphatic rings. The van der Waals surface area contributed by atoms with Gasteiger partial charge in [0, 0.05) is 57.4 Å². The quantitative estimate of drug-likeness (QED) is 0.773. The molecule has 0 aromatic carbocycles. The van der Waals surface area contributed by atoms with Crippen molar-refractivity contribution in [1.82, 2.24) is 29.4 Å². The van der Waals surface area contributed by atoms with Crippen molar-refractivity contribution >= 4 is 23.4 Å². The van der Waals surface area contributed by atoms with E-state index in [1.54, 1.807) is 0 Å².